The highest BCUT2D eigenvalue weighted by Gasteiger charge is 2.21. The normalized spacial score (nSPS) is 11.8. The molecule has 4 rings (SSSR count). The highest BCUT2D eigenvalue weighted by molar-refractivity contribution is 6.51. The van der Waals surface area contributed by atoms with E-state index in [-0.39, 0.29) is 11.5 Å². The van der Waals surface area contributed by atoms with Crippen molar-refractivity contribution in [1.82, 2.24) is 4.57 Å². The first-order valence-electron chi connectivity index (χ1n) is 10.3. The molecule has 0 aliphatic rings. The Morgan fingerprint density at radius 1 is 0.935 bits per heavy atom. The number of Topliss-reactive ketones (excluding diaryl/α,β-unsaturated/α-hetero) is 1. The first-order valence-corrected chi connectivity index (χ1v) is 10.3. The Balaban J connectivity index is 1.89. The van der Waals surface area contributed by atoms with Crippen molar-refractivity contribution in [3.05, 3.63) is 82.9 Å². The molecular formula is C26H24N2O3. The van der Waals surface area contributed by atoms with Crippen LogP contribution in [0.5, 0.6) is 0 Å². The van der Waals surface area contributed by atoms with E-state index < -0.39 is 5.97 Å². The number of aromatic nitrogens is 1. The second-order valence-electron chi connectivity index (χ2n) is 7.66. The zero-order chi connectivity index (χ0) is 22.1. The quantitative estimate of drug-likeness (QED) is 0.186. The minimum absolute atomic E-state index is 0.120. The van der Waals surface area contributed by atoms with Gasteiger partial charge in [-0.1, -0.05) is 41.1 Å². The van der Waals surface area contributed by atoms with Gasteiger partial charge in [0.05, 0.1) is 0 Å². The molecule has 0 atom stereocenters. The Kier molecular flexibility index (Phi) is 5.42. The monoisotopic (exact) mass is 412 g/mol. The van der Waals surface area contributed by atoms with E-state index >= 15 is 0 Å². The summed E-state index contributed by atoms with van der Waals surface area (Å²) in [6.07, 6.45) is 0. The standard InChI is InChI=1S/C26H24N2O3/c1-5-28-23-9-7-6-8-20(23)22-15-19(12-13-24(22)28)26(30)25(27-31-18(4)29)21-14-16(2)10-11-17(21)3/h6-15H,5H2,1-4H3/b27-25-. The highest BCUT2D eigenvalue weighted by atomic mass is 16.7. The predicted molar refractivity (Wildman–Crippen MR) is 124 cm³/mol. The number of ketones is 1. The molecule has 0 aliphatic carbocycles. The van der Waals surface area contributed by atoms with Gasteiger partial charge < -0.3 is 9.40 Å². The number of para-hydroxylation sites is 1. The summed E-state index contributed by atoms with van der Waals surface area (Å²) in [6, 6.07) is 19.6. The van der Waals surface area contributed by atoms with Gasteiger partial charge in [0, 0.05) is 46.4 Å². The van der Waals surface area contributed by atoms with Crippen LogP contribution in [0.1, 0.15) is 40.9 Å². The summed E-state index contributed by atoms with van der Waals surface area (Å²) in [6.45, 7) is 8.06. The maximum absolute atomic E-state index is 13.5. The lowest BCUT2D eigenvalue weighted by molar-refractivity contribution is -0.140. The van der Waals surface area contributed by atoms with Crippen LogP contribution in [0.15, 0.2) is 65.8 Å². The zero-order valence-corrected chi connectivity index (χ0v) is 18.1. The number of carbonyl (C=O) groups is 2. The lowest BCUT2D eigenvalue weighted by Crippen LogP contribution is -2.18. The second-order valence-corrected chi connectivity index (χ2v) is 7.66. The van der Waals surface area contributed by atoms with Crippen LogP contribution in [0.2, 0.25) is 0 Å². The topological polar surface area (TPSA) is 60.7 Å². The van der Waals surface area contributed by atoms with Gasteiger partial charge in [0.1, 0.15) is 0 Å². The number of benzene rings is 3. The summed E-state index contributed by atoms with van der Waals surface area (Å²) in [7, 11) is 0. The molecule has 0 bridgehead atoms. The summed E-state index contributed by atoms with van der Waals surface area (Å²) in [5.41, 5.74) is 5.35. The fraction of sp³-hybridized carbons (Fsp3) is 0.192. The molecule has 156 valence electrons. The molecule has 0 fully saturated rings. The van der Waals surface area contributed by atoms with Crippen molar-refractivity contribution in [3.63, 3.8) is 0 Å². The summed E-state index contributed by atoms with van der Waals surface area (Å²) in [4.78, 5) is 29.9. The largest absolute Gasteiger partial charge is 0.341 e. The summed E-state index contributed by atoms with van der Waals surface area (Å²) in [5, 5.41) is 6.05. The average Bonchev–Trinajstić information content (AvgIpc) is 3.08. The van der Waals surface area contributed by atoms with Crippen molar-refractivity contribution in [2.75, 3.05) is 0 Å². The molecule has 0 radical (unpaired) electrons. The average molecular weight is 412 g/mol. The fourth-order valence-corrected chi connectivity index (χ4v) is 3.99. The third-order valence-electron chi connectivity index (χ3n) is 5.48. The van der Waals surface area contributed by atoms with Crippen molar-refractivity contribution < 1.29 is 14.4 Å². The maximum Gasteiger partial charge on any atom is 0.332 e. The minimum atomic E-state index is -0.572. The van der Waals surface area contributed by atoms with Crippen LogP contribution in [0.3, 0.4) is 0 Å². The lowest BCUT2D eigenvalue weighted by Gasteiger charge is -2.10. The SMILES string of the molecule is CCn1c2ccccc2c2cc(C(=O)/C(=N\OC(C)=O)c3cc(C)ccc3C)ccc21. The molecule has 3 aromatic carbocycles. The molecule has 0 N–H and O–H groups in total. The zero-order valence-electron chi connectivity index (χ0n) is 18.1. The van der Waals surface area contributed by atoms with Gasteiger partial charge in [0.15, 0.2) is 5.71 Å². The lowest BCUT2D eigenvalue weighted by atomic mass is 9.95. The summed E-state index contributed by atoms with van der Waals surface area (Å²) in [5.74, 6) is -0.859. The van der Waals surface area contributed by atoms with Crippen LogP contribution in [0.25, 0.3) is 21.8 Å². The fourth-order valence-electron chi connectivity index (χ4n) is 3.99. The van der Waals surface area contributed by atoms with Crippen LogP contribution < -0.4 is 0 Å². The smallest absolute Gasteiger partial charge is 0.332 e. The number of hydrogen-bond donors (Lipinski definition) is 0. The Morgan fingerprint density at radius 3 is 2.42 bits per heavy atom. The number of nitrogens with zero attached hydrogens (tertiary/aromatic N) is 2. The van der Waals surface area contributed by atoms with Gasteiger partial charge in [-0.3, -0.25) is 4.79 Å². The van der Waals surface area contributed by atoms with Crippen molar-refractivity contribution in [2.24, 2.45) is 5.16 Å². The number of carbonyl (C=O) groups excluding carboxylic acids is 2. The molecular weight excluding hydrogens is 388 g/mol. The molecule has 1 aromatic heterocycles. The first kappa shape index (κ1) is 20.5. The third-order valence-corrected chi connectivity index (χ3v) is 5.48. The van der Waals surface area contributed by atoms with Gasteiger partial charge in [-0.25, -0.2) is 4.79 Å². The minimum Gasteiger partial charge on any atom is -0.341 e. The van der Waals surface area contributed by atoms with E-state index in [1.165, 1.54) is 6.92 Å². The number of hydrogen-bond acceptors (Lipinski definition) is 4. The molecule has 5 heteroatoms. The molecule has 0 amide bonds. The molecule has 5 nitrogen and oxygen atoms in total. The van der Waals surface area contributed by atoms with Gasteiger partial charge >= 0.3 is 5.97 Å². The van der Waals surface area contributed by atoms with E-state index in [1.807, 2.05) is 62.4 Å². The predicted octanol–water partition coefficient (Wildman–Crippen LogP) is 5.58. The number of fused-ring (bicyclic) bond motifs is 3. The molecule has 0 saturated heterocycles. The van der Waals surface area contributed by atoms with E-state index in [0.29, 0.717) is 11.1 Å². The van der Waals surface area contributed by atoms with Crippen LogP contribution in [-0.4, -0.2) is 22.0 Å². The van der Waals surface area contributed by atoms with Crippen molar-refractivity contribution in [3.8, 4) is 0 Å². The Labute approximate surface area is 180 Å². The summed E-state index contributed by atoms with van der Waals surface area (Å²) >= 11 is 0. The van der Waals surface area contributed by atoms with Gasteiger partial charge in [-0.05, 0) is 56.7 Å². The second kappa shape index (κ2) is 8.19. The van der Waals surface area contributed by atoms with E-state index in [9.17, 15) is 9.59 Å². The van der Waals surface area contributed by atoms with Crippen LogP contribution in [-0.2, 0) is 16.2 Å². The molecule has 0 spiro atoms. The number of rotatable bonds is 5. The first-order chi connectivity index (χ1) is 14.9. The van der Waals surface area contributed by atoms with Crippen molar-refractivity contribution in [1.29, 1.82) is 0 Å². The molecule has 0 aliphatic heterocycles. The summed E-state index contributed by atoms with van der Waals surface area (Å²) < 4.78 is 2.23. The number of oxime groups is 1. The highest BCUT2D eigenvalue weighted by Crippen LogP contribution is 2.30. The van der Waals surface area contributed by atoms with Gasteiger partial charge in [-0.15, -0.1) is 0 Å². The molecule has 0 saturated carbocycles. The van der Waals surface area contributed by atoms with Crippen molar-refractivity contribution in [2.45, 2.75) is 34.2 Å². The van der Waals surface area contributed by atoms with E-state index in [4.69, 9.17) is 4.84 Å². The maximum atomic E-state index is 13.5. The molecule has 4 aromatic rings. The van der Waals surface area contributed by atoms with Gasteiger partial charge in [0.25, 0.3) is 0 Å². The van der Waals surface area contributed by atoms with Crippen LogP contribution >= 0.6 is 0 Å². The van der Waals surface area contributed by atoms with E-state index in [2.05, 4.69) is 28.8 Å². The van der Waals surface area contributed by atoms with Crippen molar-refractivity contribution >= 4 is 39.3 Å². The Bertz CT molecular complexity index is 1360. The number of aryl methyl sites for hydroxylation is 3. The van der Waals surface area contributed by atoms with Crippen LogP contribution in [0.4, 0.5) is 0 Å². The van der Waals surface area contributed by atoms with E-state index in [1.54, 1.807) is 0 Å². The van der Waals surface area contributed by atoms with E-state index in [0.717, 1.165) is 39.5 Å². The molecule has 0 unspecified atom stereocenters. The van der Waals surface area contributed by atoms with Crippen LogP contribution in [0, 0.1) is 13.8 Å². The van der Waals surface area contributed by atoms with Gasteiger partial charge in [0.2, 0.25) is 5.78 Å². The molecule has 31 heavy (non-hydrogen) atoms. The molecule has 1 heterocycles. The Morgan fingerprint density at radius 2 is 1.68 bits per heavy atom. The van der Waals surface area contributed by atoms with Gasteiger partial charge in [-0.2, -0.15) is 0 Å². The third kappa shape index (κ3) is 3.75. The Hall–Kier alpha value is -3.73.